The van der Waals surface area contributed by atoms with Gasteiger partial charge in [-0.25, -0.2) is 4.68 Å². The number of rotatable bonds is 3. The minimum atomic E-state index is 0.0182. The van der Waals surface area contributed by atoms with Crippen LogP contribution in [0.4, 0.5) is 0 Å². The number of carbonyl (C=O) groups excluding carboxylic acids is 1. The summed E-state index contributed by atoms with van der Waals surface area (Å²) in [6.45, 7) is 9.39. The maximum Gasteiger partial charge on any atom is 0.274 e. The van der Waals surface area contributed by atoms with Crippen LogP contribution in [0.25, 0.3) is 17.0 Å². The van der Waals surface area contributed by atoms with Gasteiger partial charge >= 0.3 is 0 Å². The minimum Gasteiger partial charge on any atom is -0.335 e. The SMILES string of the molecule is C/C=C(\C)n1nc(C(=O)N2CCN(C)CC2)cc1-c1cccc(C)c1. The van der Waals surface area contributed by atoms with Gasteiger partial charge in [-0.15, -0.1) is 0 Å². The quantitative estimate of drug-likeness (QED) is 0.863. The highest BCUT2D eigenvalue weighted by atomic mass is 16.2. The molecular formula is C20H26N4O. The zero-order valence-electron chi connectivity index (χ0n) is 15.5. The minimum absolute atomic E-state index is 0.0182. The Morgan fingerprint density at radius 2 is 1.88 bits per heavy atom. The Labute approximate surface area is 149 Å². The first-order valence-corrected chi connectivity index (χ1v) is 8.78. The van der Waals surface area contributed by atoms with E-state index in [0.29, 0.717) is 5.69 Å². The molecule has 1 fully saturated rings. The van der Waals surface area contributed by atoms with Crippen LogP contribution in [0.1, 0.15) is 29.9 Å². The fourth-order valence-electron chi connectivity index (χ4n) is 3.06. The van der Waals surface area contributed by atoms with E-state index in [0.717, 1.165) is 43.1 Å². The average molecular weight is 338 g/mol. The van der Waals surface area contributed by atoms with E-state index < -0.39 is 0 Å². The third-order valence-corrected chi connectivity index (χ3v) is 4.78. The molecule has 1 aliphatic rings. The number of piperazine rings is 1. The van der Waals surface area contributed by atoms with Gasteiger partial charge in [0, 0.05) is 37.4 Å². The number of aryl methyl sites for hydroxylation is 1. The first kappa shape index (κ1) is 17.4. The van der Waals surface area contributed by atoms with Crippen molar-refractivity contribution in [3.63, 3.8) is 0 Å². The highest BCUT2D eigenvalue weighted by Crippen LogP contribution is 2.25. The van der Waals surface area contributed by atoms with E-state index in [1.54, 1.807) is 0 Å². The van der Waals surface area contributed by atoms with Crippen LogP contribution in [0.2, 0.25) is 0 Å². The average Bonchev–Trinajstić information content (AvgIpc) is 3.06. The largest absolute Gasteiger partial charge is 0.335 e. The van der Waals surface area contributed by atoms with Crippen LogP contribution in [0, 0.1) is 6.92 Å². The number of aromatic nitrogens is 2. The van der Waals surface area contributed by atoms with E-state index in [4.69, 9.17) is 0 Å². The van der Waals surface area contributed by atoms with E-state index in [9.17, 15) is 4.79 Å². The molecule has 0 radical (unpaired) electrons. The number of benzene rings is 1. The number of amides is 1. The van der Waals surface area contributed by atoms with E-state index in [-0.39, 0.29) is 5.91 Å². The predicted molar refractivity (Wildman–Crippen MR) is 101 cm³/mol. The van der Waals surface area contributed by atoms with Crippen LogP contribution in [-0.4, -0.2) is 58.7 Å². The molecule has 5 nitrogen and oxygen atoms in total. The summed E-state index contributed by atoms with van der Waals surface area (Å²) in [6, 6.07) is 10.2. The van der Waals surface area contributed by atoms with Crippen molar-refractivity contribution in [2.24, 2.45) is 0 Å². The second-order valence-electron chi connectivity index (χ2n) is 6.72. The Morgan fingerprint density at radius 3 is 2.52 bits per heavy atom. The second kappa shape index (κ2) is 7.23. The molecule has 0 aliphatic carbocycles. The van der Waals surface area contributed by atoms with Gasteiger partial charge in [0.25, 0.3) is 5.91 Å². The molecule has 25 heavy (non-hydrogen) atoms. The van der Waals surface area contributed by atoms with Crippen LogP contribution in [0.3, 0.4) is 0 Å². The summed E-state index contributed by atoms with van der Waals surface area (Å²) in [5, 5.41) is 4.62. The fraction of sp³-hybridized carbons (Fsp3) is 0.400. The van der Waals surface area contributed by atoms with Gasteiger partial charge in [-0.2, -0.15) is 5.10 Å². The maximum atomic E-state index is 12.9. The lowest BCUT2D eigenvalue weighted by Crippen LogP contribution is -2.47. The second-order valence-corrected chi connectivity index (χ2v) is 6.72. The van der Waals surface area contributed by atoms with Crippen LogP contribution in [-0.2, 0) is 0 Å². The van der Waals surface area contributed by atoms with Gasteiger partial charge < -0.3 is 9.80 Å². The third-order valence-electron chi connectivity index (χ3n) is 4.78. The normalized spacial score (nSPS) is 16.3. The van der Waals surface area contributed by atoms with Crippen LogP contribution in [0.15, 0.2) is 36.4 Å². The van der Waals surface area contributed by atoms with Gasteiger partial charge in [-0.1, -0.05) is 29.8 Å². The van der Waals surface area contributed by atoms with Crippen molar-refractivity contribution in [1.82, 2.24) is 19.6 Å². The van der Waals surface area contributed by atoms with Crippen LogP contribution < -0.4 is 0 Å². The molecule has 2 heterocycles. The van der Waals surface area contributed by atoms with Gasteiger partial charge in [0.15, 0.2) is 5.69 Å². The van der Waals surface area contributed by atoms with Crippen molar-refractivity contribution in [2.45, 2.75) is 20.8 Å². The number of carbonyl (C=O) groups is 1. The van der Waals surface area contributed by atoms with Gasteiger partial charge in [0.1, 0.15) is 0 Å². The molecule has 0 saturated carbocycles. The molecule has 0 bridgehead atoms. The molecule has 1 amide bonds. The molecule has 1 aromatic heterocycles. The summed E-state index contributed by atoms with van der Waals surface area (Å²) in [5.41, 5.74) is 4.74. The molecule has 132 valence electrons. The number of hydrogen-bond acceptors (Lipinski definition) is 3. The lowest BCUT2D eigenvalue weighted by molar-refractivity contribution is 0.0658. The summed E-state index contributed by atoms with van der Waals surface area (Å²) in [6.07, 6.45) is 2.01. The first-order chi connectivity index (χ1) is 12.0. The number of hydrogen-bond donors (Lipinski definition) is 0. The van der Waals surface area contributed by atoms with Crippen molar-refractivity contribution >= 4 is 11.6 Å². The summed E-state index contributed by atoms with van der Waals surface area (Å²) < 4.78 is 1.87. The van der Waals surface area contributed by atoms with Gasteiger partial charge in [0.2, 0.25) is 0 Å². The first-order valence-electron chi connectivity index (χ1n) is 8.78. The Kier molecular flexibility index (Phi) is 5.04. The maximum absolute atomic E-state index is 12.9. The molecular weight excluding hydrogens is 312 g/mol. The van der Waals surface area contributed by atoms with Crippen LogP contribution in [0.5, 0.6) is 0 Å². The van der Waals surface area contributed by atoms with Gasteiger partial charge in [0.05, 0.1) is 5.69 Å². The summed E-state index contributed by atoms with van der Waals surface area (Å²) in [4.78, 5) is 17.0. The van der Waals surface area contributed by atoms with Crippen molar-refractivity contribution in [3.05, 3.63) is 47.7 Å². The van der Waals surface area contributed by atoms with Gasteiger partial charge in [-0.05, 0) is 40.0 Å². The molecule has 0 spiro atoms. The standard InChI is InChI=1S/C20H26N4O/c1-5-16(3)24-19(17-8-6-7-15(2)13-17)14-18(21-24)20(25)23-11-9-22(4)10-12-23/h5-8,13-14H,9-12H2,1-4H3/b16-5+. The third kappa shape index (κ3) is 3.66. The van der Waals surface area contributed by atoms with Crippen molar-refractivity contribution < 1.29 is 4.79 Å². The smallest absolute Gasteiger partial charge is 0.274 e. The lowest BCUT2D eigenvalue weighted by Gasteiger charge is -2.31. The highest BCUT2D eigenvalue weighted by Gasteiger charge is 2.24. The van der Waals surface area contributed by atoms with E-state index in [1.165, 1.54) is 5.56 Å². The monoisotopic (exact) mass is 338 g/mol. The summed E-state index contributed by atoms with van der Waals surface area (Å²) >= 11 is 0. The topological polar surface area (TPSA) is 41.4 Å². The molecule has 1 aliphatic heterocycles. The number of nitrogens with zero attached hydrogens (tertiary/aromatic N) is 4. The molecule has 0 N–H and O–H groups in total. The number of likely N-dealkylation sites (N-methyl/N-ethyl adjacent to an activating group) is 1. The molecule has 0 unspecified atom stereocenters. The Morgan fingerprint density at radius 1 is 1.16 bits per heavy atom. The van der Waals surface area contributed by atoms with E-state index in [1.807, 2.05) is 41.6 Å². The van der Waals surface area contributed by atoms with Crippen LogP contribution >= 0.6 is 0 Å². The Balaban J connectivity index is 1.97. The predicted octanol–water partition coefficient (Wildman–Crippen LogP) is 3.13. The van der Waals surface area contributed by atoms with Crippen molar-refractivity contribution in [1.29, 1.82) is 0 Å². The number of allylic oxidation sites excluding steroid dienone is 2. The zero-order valence-corrected chi connectivity index (χ0v) is 15.5. The zero-order chi connectivity index (χ0) is 18.0. The van der Waals surface area contributed by atoms with Crippen molar-refractivity contribution in [2.75, 3.05) is 33.2 Å². The summed E-state index contributed by atoms with van der Waals surface area (Å²) in [7, 11) is 2.09. The van der Waals surface area contributed by atoms with E-state index in [2.05, 4.69) is 42.2 Å². The van der Waals surface area contributed by atoms with Gasteiger partial charge in [-0.3, -0.25) is 4.79 Å². The summed E-state index contributed by atoms with van der Waals surface area (Å²) in [5.74, 6) is 0.0182. The molecule has 1 saturated heterocycles. The molecule has 2 aromatic rings. The Bertz CT molecular complexity index is 798. The highest BCUT2D eigenvalue weighted by molar-refractivity contribution is 5.94. The molecule has 0 atom stereocenters. The molecule has 1 aromatic carbocycles. The van der Waals surface area contributed by atoms with Crippen molar-refractivity contribution in [3.8, 4) is 11.3 Å². The lowest BCUT2D eigenvalue weighted by atomic mass is 10.1. The molecule has 5 heteroatoms. The fourth-order valence-corrected chi connectivity index (χ4v) is 3.06. The van der Waals surface area contributed by atoms with E-state index >= 15 is 0 Å². The molecule has 3 rings (SSSR count). The Hall–Kier alpha value is -2.40.